The molecular weight excluding hydrogens is 274 g/mol. The van der Waals surface area contributed by atoms with Crippen LogP contribution in [0, 0.1) is 5.41 Å². The molecule has 2 heteroatoms. The van der Waals surface area contributed by atoms with E-state index in [1.165, 1.54) is 37.8 Å². The van der Waals surface area contributed by atoms with E-state index in [0.29, 0.717) is 11.5 Å². The molecule has 1 aromatic rings. The van der Waals surface area contributed by atoms with Crippen molar-refractivity contribution >= 4 is 21.6 Å². The second-order valence-corrected chi connectivity index (χ2v) is 6.86. The average molecular weight is 296 g/mol. The van der Waals surface area contributed by atoms with Crippen molar-refractivity contribution in [2.45, 2.75) is 52.0 Å². The minimum Gasteiger partial charge on any atom is -0.382 e. The highest BCUT2D eigenvalue weighted by molar-refractivity contribution is 9.10. The SMILES string of the molecule is CC1(C)CCCC(Nc2ccc(Br)cc2)CC1. The van der Waals surface area contributed by atoms with Gasteiger partial charge in [-0.25, -0.2) is 0 Å². The van der Waals surface area contributed by atoms with Crippen LogP contribution in [0.5, 0.6) is 0 Å². The highest BCUT2D eigenvalue weighted by Gasteiger charge is 2.24. The van der Waals surface area contributed by atoms with Crippen LogP contribution in [0.25, 0.3) is 0 Å². The van der Waals surface area contributed by atoms with Gasteiger partial charge in [-0.1, -0.05) is 36.2 Å². The fourth-order valence-corrected chi connectivity index (χ4v) is 2.85. The third kappa shape index (κ3) is 4.02. The van der Waals surface area contributed by atoms with Gasteiger partial charge in [0.25, 0.3) is 0 Å². The first kappa shape index (κ1) is 12.9. The van der Waals surface area contributed by atoms with Gasteiger partial charge in [0.05, 0.1) is 0 Å². The lowest BCUT2D eigenvalue weighted by atomic mass is 9.85. The van der Waals surface area contributed by atoms with Gasteiger partial charge >= 0.3 is 0 Å². The number of anilines is 1. The van der Waals surface area contributed by atoms with E-state index >= 15 is 0 Å². The molecule has 1 saturated carbocycles. The number of benzene rings is 1. The summed E-state index contributed by atoms with van der Waals surface area (Å²) in [5.41, 5.74) is 1.79. The number of hydrogen-bond donors (Lipinski definition) is 1. The van der Waals surface area contributed by atoms with Gasteiger partial charge in [0.2, 0.25) is 0 Å². The molecule has 94 valence electrons. The highest BCUT2D eigenvalue weighted by Crippen LogP contribution is 2.34. The van der Waals surface area contributed by atoms with Crippen molar-refractivity contribution in [1.29, 1.82) is 0 Å². The van der Waals surface area contributed by atoms with E-state index in [1.807, 2.05) is 0 Å². The molecule has 0 radical (unpaired) electrons. The highest BCUT2D eigenvalue weighted by atomic mass is 79.9. The van der Waals surface area contributed by atoms with E-state index in [2.05, 4.69) is 59.4 Å². The second-order valence-electron chi connectivity index (χ2n) is 5.94. The number of rotatable bonds is 2. The van der Waals surface area contributed by atoms with Gasteiger partial charge < -0.3 is 5.32 Å². The van der Waals surface area contributed by atoms with Gasteiger partial charge in [-0.15, -0.1) is 0 Å². The van der Waals surface area contributed by atoms with Crippen molar-refractivity contribution in [2.24, 2.45) is 5.41 Å². The summed E-state index contributed by atoms with van der Waals surface area (Å²) in [7, 11) is 0. The molecule has 0 bridgehead atoms. The van der Waals surface area contributed by atoms with Gasteiger partial charge in [0.15, 0.2) is 0 Å². The van der Waals surface area contributed by atoms with E-state index in [9.17, 15) is 0 Å². The summed E-state index contributed by atoms with van der Waals surface area (Å²) in [6, 6.07) is 9.16. The largest absolute Gasteiger partial charge is 0.382 e. The topological polar surface area (TPSA) is 12.0 Å². The standard InChI is InChI=1S/C15H22BrN/c1-15(2)10-3-4-13(9-11-15)17-14-7-5-12(16)6-8-14/h5-8,13,17H,3-4,9-11H2,1-2H3. The van der Waals surface area contributed by atoms with Crippen LogP contribution in [0.2, 0.25) is 0 Å². The van der Waals surface area contributed by atoms with Crippen molar-refractivity contribution < 1.29 is 0 Å². The van der Waals surface area contributed by atoms with E-state index in [0.717, 1.165) is 4.47 Å². The van der Waals surface area contributed by atoms with Gasteiger partial charge in [-0.05, 0) is 55.4 Å². The van der Waals surface area contributed by atoms with Gasteiger partial charge in [-0.3, -0.25) is 0 Å². The maximum absolute atomic E-state index is 3.66. The zero-order valence-corrected chi connectivity index (χ0v) is 12.4. The van der Waals surface area contributed by atoms with Crippen molar-refractivity contribution in [3.05, 3.63) is 28.7 Å². The third-order valence-electron chi connectivity index (χ3n) is 3.79. The van der Waals surface area contributed by atoms with E-state index in [4.69, 9.17) is 0 Å². The molecule has 1 atom stereocenters. The zero-order chi connectivity index (χ0) is 12.3. The Morgan fingerprint density at radius 3 is 2.53 bits per heavy atom. The Hall–Kier alpha value is -0.500. The van der Waals surface area contributed by atoms with E-state index in [1.54, 1.807) is 0 Å². The van der Waals surface area contributed by atoms with Crippen molar-refractivity contribution in [3.8, 4) is 0 Å². The molecule has 1 aliphatic carbocycles. The Labute approximate surface area is 113 Å². The summed E-state index contributed by atoms with van der Waals surface area (Å²) in [5, 5.41) is 3.66. The maximum atomic E-state index is 3.66. The molecule has 1 unspecified atom stereocenters. The quantitative estimate of drug-likeness (QED) is 0.738. The Morgan fingerprint density at radius 2 is 1.82 bits per heavy atom. The lowest BCUT2D eigenvalue weighted by molar-refractivity contribution is 0.313. The number of hydrogen-bond acceptors (Lipinski definition) is 1. The lowest BCUT2D eigenvalue weighted by Crippen LogP contribution is -2.19. The van der Waals surface area contributed by atoms with E-state index < -0.39 is 0 Å². The Kier molecular flexibility index (Phi) is 4.13. The molecule has 2 rings (SSSR count). The van der Waals surface area contributed by atoms with Crippen LogP contribution in [0.15, 0.2) is 28.7 Å². The molecule has 0 saturated heterocycles. The summed E-state index contributed by atoms with van der Waals surface area (Å²) >= 11 is 3.47. The van der Waals surface area contributed by atoms with E-state index in [-0.39, 0.29) is 0 Å². The van der Waals surface area contributed by atoms with Gasteiger partial charge in [-0.2, -0.15) is 0 Å². The van der Waals surface area contributed by atoms with Crippen LogP contribution in [-0.2, 0) is 0 Å². The molecule has 0 amide bonds. The summed E-state index contributed by atoms with van der Waals surface area (Å²) in [6.45, 7) is 4.80. The number of halogens is 1. The van der Waals surface area contributed by atoms with Crippen molar-refractivity contribution in [2.75, 3.05) is 5.32 Å². The minimum atomic E-state index is 0.538. The van der Waals surface area contributed by atoms with Gasteiger partial charge in [0, 0.05) is 16.2 Å². The third-order valence-corrected chi connectivity index (χ3v) is 4.32. The maximum Gasteiger partial charge on any atom is 0.0343 e. The molecule has 1 aliphatic rings. The molecular formula is C15H22BrN. The Morgan fingerprint density at radius 1 is 1.12 bits per heavy atom. The molecule has 1 N–H and O–H groups in total. The fourth-order valence-electron chi connectivity index (χ4n) is 2.59. The van der Waals surface area contributed by atoms with Crippen LogP contribution in [-0.4, -0.2) is 6.04 Å². The van der Waals surface area contributed by atoms with Crippen LogP contribution >= 0.6 is 15.9 Å². The first-order valence-electron chi connectivity index (χ1n) is 6.57. The predicted octanol–water partition coefficient (Wildman–Crippen LogP) is 5.22. The Balaban J connectivity index is 1.93. The number of nitrogens with one attached hydrogen (secondary N) is 1. The summed E-state index contributed by atoms with van der Waals surface area (Å²) < 4.78 is 1.14. The smallest absolute Gasteiger partial charge is 0.0343 e. The average Bonchev–Trinajstić information content (AvgIpc) is 2.44. The molecule has 1 aromatic carbocycles. The van der Waals surface area contributed by atoms with Crippen LogP contribution < -0.4 is 5.32 Å². The van der Waals surface area contributed by atoms with Gasteiger partial charge in [0.1, 0.15) is 0 Å². The minimum absolute atomic E-state index is 0.538. The normalized spacial score (nSPS) is 24.1. The summed E-state index contributed by atoms with van der Waals surface area (Å²) in [5.74, 6) is 0. The summed E-state index contributed by atoms with van der Waals surface area (Å²) in [6.07, 6.45) is 6.65. The molecule has 1 fully saturated rings. The van der Waals surface area contributed by atoms with Crippen LogP contribution in [0.3, 0.4) is 0 Å². The first-order chi connectivity index (χ1) is 8.05. The van der Waals surface area contributed by atoms with Crippen LogP contribution in [0.1, 0.15) is 46.0 Å². The fraction of sp³-hybridized carbons (Fsp3) is 0.600. The predicted molar refractivity (Wildman–Crippen MR) is 78.4 cm³/mol. The molecule has 0 spiro atoms. The molecule has 0 aromatic heterocycles. The molecule has 0 heterocycles. The second kappa shape index (κ2) is 5.43. The molecule has 1 nitrogen and oxygen atoms in total. The van der Waals surface area contributed by atoms with Crippen LogP contribution in [0.4, 0.5) is 5.69 Å². The van der Waals surface area contributed by atoms with Crippen molar-refractivity contribution in [1.82, 2.24) is 0 Å². The monoisotopic (exact) mass is 295 g/mol. The lowest BCUT2D eigenvalue weighted by Gasteiger charge is -2.22. The first-order valence-corrected chi connectivity index (χ1v) is 7.37. The van der Waals surface area contributed by atoms with Crippen molar-refractivity contribution in [3.63, 3.8) is 0 Å². The Bertz CT molecular complexity index is 356. The molecule has 0 aliphatic heterocycles. The summed E-state index contributed by atoms with van der Waals surface area (Å²) in [4.78, 5) is 0. The zero-order valence-electron chi connectivity index (χ0n) is 10.8. The molecule has 17 heavy (non-hydrogen) atoms.